The standard InChI is InChI=1S/C20H39NO2Si2/c1-17(14-15-22-25(9,10)20(3,4)5)12-11-13-18(2)19(16-21)23-24(6,7)8/h13-14,19H,11-12,15H2,1-10H3/b17-14+,18-13-. The maximum absolute atomic E-state index is 9.31. The Kier molecular flexibility index (Phi) is 9.60. The van der Waals surface area contributed by atoms with E-state index in [1.807, 2.05) is 6.92 Å². The molecule has 144 valence electrons. The molecule has 0 N–H and O–H groups in total. The molecule has 0 aromatic heterocycles. The van der Waals surface area contributed by atoms with Crippen molar-refractivity contribution in [3.8, 4) is 6.07 Å². The fourth-order valence-electron chi connectivity index (χ4n) is 1.92. The Morgan fingerprint density at radius 1 is 1.08 bits per heavy atom. The summed E-state index contributed by atoms with van der Waals surface area (Å²) in [6.07, 6.45) is 5.85. The van der Waals surface area contributed by atoms with E-state index in [2.05, 4.69) is 78.7 Å². The van der Waals surface area contributed by atoms with Crippen molar-refractivity contribution < 1.29 is 8.85 Å². The van der Waals surface area contributed by atoms with Gasteiger partial charge in [-0.3, -0.25) is 0 Å². The van der Waals surface area contributed by atoms with Crippen molar-refractivity contribution in [2.45, 2.75) is 91.3 Å². The fourth-order valence-corrected chi connectivity index (χ4v) is 3.80. The topological polar surface area (TPSA) is 42.2 Å². The van der Waals surface area contributed by atoms with Crippen molar-refractivity contribution in [1.82, 2.24) is 0 Å². The molecule has 0 aliphatic heterocycles. The molecule has 0 saturated heterocycles. The smallest absolute Gasteiger partial charge is 0.192 e. The molecular weight excluding hydrogens is 342 g/mol. The van der Waals surface area contributed by atoms with Crippen LogP contribution in [0.3, 0.4) is 0 Å². The van der Waals surface area contributed by atoms with Crippen LogP contribution in [0, 0.1) is 11.3 Å². The van der Waals surface area contributed by atoms with Gasteiger partial charge in [-0.2, -0.15) is 5.26 Å². The van der Waals surface area contributed by atoms with Gasteiger partial charge in [0.25, 0.3) is 0 Å². The number of allylic oxidation sites excluding steroid dienone is 2. The lowest BCUT2D eigenvalue weighted by Crippen LogP contribution is -2.40. The van der Waals surface area contributed by atoms with Crippen LogP contribution in [-0.4, -0.2) is 29.3 Å². The van der Waals surface area contributed by atoms with E-state index in [9.17, 15) is 5.26 Å². The highest BCUT2D eigenvalue weighted by atomic mass is 28.4. The van der Waals surface area contributed by atoms with Gasteiger partial charge < -0.3 is 8.85 Å². The zero-order valence-electron chi connectivity index (χ0n) is 18.1. The van der Waals surface area contributed by atoms with Crippen molar-refractivity contribution in [2.24, 2.45) is 0 Å². The highest BCUT2D eigenvalue weighted by Gasteiger charge is 2.36. The van der Waals surface area contributed by atoms with Gasteiger partial charge in [-0.25, -0.2) is 0 Å². The predicted octanol–water partition coefficient (Wildman–Crippen LogP) is 6.42. The number of rotatable bonds is 9. The third-order valence-corrected chi connectivity index (χ3v) is 10.1. The molecule has 0 radical (unpaired) electrons. The van der Waals surface area contributed by atoms with E-state index in [0.717, 1.165) is 18.4 Å². The molecule has 0 spiro atoms. The lowest BCUT2D eigenvalue weighted by atomic mass is 10.1. The molecule has 0 heterocycles. The molecule has 1 unspecified atom stereocenters. The van der Waals surface area contributed by atoms with Crippen LogP contribution in [0.25, 0.3) is 0 Å². The van der Waals surface area contributed by atoms with E-state index in [-0.39, 0.29) is 5.04 Å². The van der Waals surface area contributed by atoms with E-state index in [1.165, 1.54) is 5.57 Å². The molecule has 0 rings (SSSR count). The van der Waals surface area contributed by atoms with Crippen LogP contribution in [0.15, 0.2) is 23.3 Å². The van der Waals surface area contributed by atoms with Gasteiger partial charge in [0.2, 0.25) is 0 Å². The molecule has 3 nitrogen and oxygen atoms in total. The summed E-state index contributed by atoms with van der Waals surface area (Å²) < 4.78 is 12.1. The van der Waals surface area contributed by atoms with E-state index >= 15 is 0 Å². The van der Waals surface area contributed by atoms with Crippen LogP contribution in [-0.2, 0) is 8.85 Å². The van der Waals surface area contributed by atoms with E-state index in [0.29, 0.717) is 6.61 Å². The summed E-state index contributed by atoms with van der Waals surface area (Å²) in [5.74, 6) is 0. The SMILES string of the molecule is C/C(=C/CC/C(C)=C/CO[Si](C)(C)C(C)(C)C)C(C#N)O[Si](C)(C)C. The van der Waals surface area contributed by atoms with Gasteiger partial charge in [-0.15, -0.1) is 0 Å². The molecule has 0 aromatic rings. The summed E-state index contributed by atoms with van der Waals surface area (Å²) >= 11 is 0. The maximum atomic E-state index is 9.31. The summed E-state index contributed by atoms with van der Waals surface area (Å²) in [7, 11) is -3.37. The van der Waals surface area contributed by atoms with Crippen molar-refractivity contribution in [3.05, 3.63) is 23.3 Å². The monoisotopic (exact) mass is 381 g/mol. The Morgan fingerprint density at radius 2 is 1.64 bits per heavy atom. The van der Waals surface area contributed by atoms with Crippen LogP contribution in [0.5, 0.6) is 0 Å². The molecule has 0 bridgehead atoms. The summed E-state index contributed by atoms with van der Waals surface area (Å²) in [5.41, 5.74) is 2.36. The molecule has 0 aliphatic rings. The Balaban J connectivity index is 4.50. The highest BCUT2D eigenvalue weighted by molar-refractivity contribution is 6.74. The van der Waals surface area contributed by atoms with Gasteiger partial charge in [0.15, 0.2) is 22.7 Å². The van der Waals surface area contributed by atoms with Gasteiger partial charge >= 0.3 is 0 Å². The zero-order valence-corrected chi connectivity index (χ0v) is 20.1. The van der Waals surface area contributed by atoms with E-state index in [1.54, 1.807) is 0 Å². The summed E-state index contributed by atoms with van der Waals surface area (Å²) in [5, 5.41) is 9.56. The zero-order chi connectivity index (χ0) is 19.9. The quantitative estimate of drug-likeness (QED) is 0.341. The third kappa shape index (κ3) is 10.2. The third-order valence-electron chi connectivity index (χ3n) is 4.69. The van der Waals surface area contributed by atoms with Crippen molar-refractivity contribution >= 4 is 16.6 Å². The Labute approximate surface area is 158 Å². The van der Waals surface area contributed by atoms with Gasteiger partial charge in [0.05, 0.1) is 12.7 Å². The summed E-state index contributed by atoms with van der Waals surface area (Å²) in [6.45, 7) is 22.5. The first-order valence-corrected chi connectivity index (χ1v) is 15.5. The molecule has 5 heteroatoms. The first kappa shape index (κ1) is 24.3. The summed E-state index contributed by atoms with van der Waals surface area (Å²) in [6, 6.07) is 2.28. The van der Waals surface area contributed by atoms with Crippen LogP contribution in [0.4, 0.5) is 0 Å². The van der Waals surface area contributed by atoms with Crippen LogP contribution in [0.2, 0.25) is 37.8 Å². The van der Waals surface area contributed by atoms with Gasteiger partial charge in [0.1, 0.15) is 0 Å². The average molecular weight is 382 g/mol. The lowest BCUT2D eigenvalue weighted by Gasteiger charge is -2.35. The minimum atomic E-state index is -1.70. The molecule has 0 saturated carbocycles. The molecule has 25 heavy (non-hydrogen) atoms. The minimum Gasteiger partial charge on any atom is -0.413 e. The number of nitrogens with zero attached hydrogens (tertiary/aromatic N) is 1. The minimum absolute atomic E-state index is 0.247. The van der Waals surface area contributed by atoms with Crippen LogP contribution < -0.4 is 0 Å². The van der Waals surface area contributed by atoms with E-state index < -0.39 is 22.7 Å². The molecule has 0 aliphatic carbocycles. The molecular formula is C20H39NO2Si2. The van der Waals surface area contributed by atoms with Crippen molar-refractivity contribution in [3.63, 3.8) is 0 Å². The first-order chi connectivity index (χ1) is 11.2. The van der Waals surface area contributed by atoms with Crippen molar-refractivity contribution in [1.29, 1.82) is 5.26 Å². The molecule has 1 atom stereocenters. The molecule has 0 aromatic carbocycles. The van der Waals surface area contributed by atoms with Gasteiger partial charge in [-0.1, -0.05) is 38.5 Å². The highest BCUT2D eigenvalue weighted by Crippen LogP contribution is 2.36. The largest absolute Gasteiger partial charge is 0.413 e. The van der Waals surface area contributed by atoms with Gasteiger partial charge in [0, 0.05) is 0 Å². The number of nitriles is 1. The fraction of sp³-hybridized carbons (Fsp3) is 0.750. The molecule has 0 fully saturated rings. The number of hydrogen-bond donors (Lipinski definition) is 0. The Bertz CT molecular complexity index is 517. The van der Waals surface area contributed by atoms with E-state index in [4.69, 9.17) is 8.85 Å². The second-order valence-corrected chi connectivity index (χ2v) is 18.6. The van der Waals surface area contributed by atoms with Crippen LogP contribution >= 0.6 is 0 Å². The normalized spacial score (nSPS) is 15.9. The first-order valence-electron chi connectivity index (χ1n) is 9.23. The lowest BCUT2D eigenvalue weighted by molar-refractivity contribution is 0.283. The average Bonchev–Trinajstić information content (AvgIpc) is 2.42. The number of hydrogen-bond acceptors (Lipinski definition) is 3. The van der Waals surface area contributed by atoms with Crippen LogP contribution in [0.1, 0.15) is 47.5 Å². The second kappa shape index (κ2) is 9.87. The summed E-state index contributed by atoms with van der Waals surface area (Å²) in [4.78, 5) is 0. The van der Waals surface area contributed by atoms with Crippen molar-refractivity contribution in [2.75, 3.05) is 6.61 Å². The maximum Gasteiger partial charge on any atom is 0.192 e. The Morgan fingerprint density at radius 3 is 2.08 bits per heavy atom. The second-order valence-electron chi connectivity index (χ2n) is 9.35. The molecule has 0 amide bonds. The van der Waals surface area contributed by atoms with Gasteiger partial charge in [-0.05, 0) is 70.0 Å². The predicted molar refractivity (Wildman–Crippen MR) is 114 cm³/mol. The Hall–Kier alpha value is -0.676.